The molecule has 0 radical (unpaired) electrons. The number of anilines is 1. The SMILES string of the molecule is CCOC(=O)c1cc(-n2cnnc2)ccc1N1CCCC1. The van der Waals surface area contributed by atoms with Gasteiger partial charge in [-0.05, 0) is 38.0 Å². The molecule has 0 saturated carbocycles. The summed E-state index contributed by atoms with van der Waals surface area (Å²) in [7, 11) is 0. The molecule has 1 aliphatic heterocycles. The Morgan fingerprint density at radius 3 is 2.62 bits per heavy atom. The van der Waals surface area contributed by atoms with Gasteiger partial charge in [0.05, 0.1) is 17.9 Å². The molecule has 1 saturated heterocycles. The summed E-state index contributed by atoms with van der Waals surface area (Å²) in [5.41, 5.74) is 2.40. The molecule has 110 valence electrons. The Kier molecular flexibility index (Phi) is 3.85. The fourth-order valence-corrected chi connectivity index (χ4v) is 2.62. The van der Waals surface area contributed by atoms with Crippen molar-refractivity contribution < 1.29 is 9.53 Å². The molecule has 6 heteroatoms. The molecule has 3 rings (SSSR count). The molecule has 1 fully saturated rings. The van der Waals surface area contributed by atoms with Crippen molar-refractivity contribution >= 4 is 11.7 Å². The smallest absolute Gasteiger partial charge is 0.340 e. The van der Waals surface area contributed by atoms with E-state index in [2.05, 4.69) is 15.1 Å². The van der Waals surface area contributed by atoms with Gasteiger partial charge in [-0.15, -0.1) is 10.2 Å². The molecule has 1 aliphatic rings. The molecule has 6 nitrogen and oxygen atoms in total. The van der Waals surface area contributed by atoms with Crippen LogP contribution >= 0.6 is 0 Å². The number of ether oxygens (including phenoxy) is 1. The van der Waals surface area contributed by atoms with Crippen molar-refractivity contribution in [3.63, 3.8) is 0 Å². The summed E-state index contributed by atoms with van der Waals surface area (Å²) < 4.78 is 6.97. The van der Waals surface area contributed by atoms with E-state index in [0.29, 0.717) is 12.2 Å². The van der Waals surface area contributed by atoms with Crippen LogP contribution in [0, 0.1) is 0 Å². The Hall–Kier alpha value is -2.37. The van der Waals surface area contributed by atoms with Gasteiger partial charge in [-0.1, -0.05) is 0 Å². The van der Waals surface area contributed by atoms with Crippen molar-refractivity contribution in [2.45, 2.75) is 19.8 Å². The van der Waals surface area contributed by atoms with Crippen LogP contribution in [0.1, 0.15) is 30.1 Å². The minimum atomic E-state index is -0.283. The highest BCUT2D eigenvalue weighted by atomic mass is 16.5. The molecule has 1 aromatic carbocycles. The second-order valence-corrected chi connectivity index (χ2v) is 4.99. The average molecular weight is 286 g/mol. The van der Waals surface area contributed by atoms with E-state index in [4.69, 9.17) is 4.74 Å². The van der Waals surface area contributed by atoms with Crippen LogP contribution in [0.2, 0.25) is 0 Å². The van der Waals surface area contributed by atoms with Gasteiger partial charge in [0.1, 0.15) is 12.7 Å². The third-order valence-corrected chi connectivity index (χ3v) is 3.64. The Labute approximate surface area is 123 Å². The van der Waals surface area contributed by atoms with Gasteiger partial charge in [0.2, 0.25) is 0 Å². The van der Waals surface area contributed by atoms with E-state index >= 15 is 0 Å². The number of hydrogen-bond acceptors (Lipinski definition) is 5. The largest absolute Gasteiger partial charge is 0.462 e. The lowest BCUT2D eigenvalue weighted by Gasteiger charge is -2.21. The maximum atomic E-state index is 12.3. The molecular weight excluding hydrogens is 268 g/mol. The van der Waals surface area contributed by atoms with Crippen LogP contribution in [0.5, 0.6) is 0 Å². The summed E-state index contributed by atoms with van der Waals surface area (Å²) in [6, 6.07) is 5.79. The number of hydrogen-bond donors (Lipinski definition) is 0. The van der Waals surface area contributed by atoms with Crippen molar-refractivity contribution in [3.8, 4) is 5.69 Å². The molecule has 0 spiro atoms. The van der Waals surface area contributed by atoms with E-state index in [1.165, 1.54) is 0 Å². The first-order valence-electron chi connectivity index (χ1n) is 7.20. The van der Waals surface area contributed by atoms with Gasteiger partial charge in [0.15, 0.2) is 0 Å². The molecule has 0 aliphatic carbocycles. The van der Waals surface area contributed by atoms with Crippen LogP contribution in [0.25, 0.3) is 5.69 Å². The van der Waals surface area contributed by atoms with Gasteiger partial charge < -0.3 is 9.64 Å². The minimum Gasteiger partial charge on any atom is -0.462 e. The van der Waals surface area contributed by atoms with Crippen LogP contribution in [-0.2, 0) is 4.74 Å². The van der Waals surface area contributed by atoms with Gasteiger partial charge in [-0.2, -0.15) is 0 Å². The zero-order valence-electron chi connectivity index (χ0n) is 12.0. The first-order chi connectivity index (χ1) is 10.3. The standard InChI is InChI=1S/C15H18N4O2/c1-2-21-15(20)13-9-12(19-10-16-17-11-19)5-6-14(13)18-7-3-4-8-18/h5-6,9-11H,2-4,7-8H2,1H3. The van der Waals surface area contributed by atoms with E-state index in [1.54, 1.807) is 17.2 Å². The fraction of sp³-hybridized carbons (Fsp3) is 0.400. The summed E-state index contributed by atoms with van der Waals surface area (Å²) in [6.45, 7) is 4.16. The van der Waals surface area contributed by atoms with E-state index in [0.717, 1.165) is 37.3 Å². The van der Waals surface area contributed by atoms with Crippen molar-refractivity contribution in [2.24, 2.45) is 0 Å². The Morgan fingerprint density at radius 1 is 1.24 bits per heavy atom. The molecular formula is C15H18N4O2. The second kappa shape index (κ2) is 5.95. The van der Waals surface area contributed by atoms with Gasteiger partial charge in [0, 0.05) is 18.8 Å². The van der Waals surface area contributed by atoms with E-state index < -0.39 is 0 Å². The predicted octanol–water partition coefficient (Wildman–Crippen LogP) is 2.04. The molecule has 0 bridgehead atoms. The summed E-state index contributed by atoms with van der Waals surface area (Å²) >= 11 is 0. The van der Waals surface area contributed by atoms with Gasteiger partial charge in [-0.25, -0.2) is 4.79 Å². The first kappa shape index (κ1) is 13.6. The maximum absolute atomic E-state index is 12.3. The minimum absolute atomic E-state index is 0.283. The molecule has 2 heterocycles. The fourth-order valence-electron chi connectivity index (χ4n) is 2.62. The maximum Gasteiger partial charge on any atom is 0.340 e. The Morgan fingerprint density at radius 2 is 1.95 bits per heavy atom. The van der Waals surface area contributed by atoms with Gasteiger partial charge in [-0.3, -0.25) is 4.57 Å². The lowest BCUT2D eigenvalue weighted by molar-refractivity contribution is 0.0527. The zero-order chi connectivity index (χ0) is 14.7. The van der Waals surface area contributed by atoms with Crippen LogP contribution in [0.4, 0.5) is 5.69 Å². The lowest BCUT2D eigenvalue weighted by Crippen LogP contribution is -2.21. The number of esters is 1. The number of carbonyl (C=O) groups is 1. The van der Waals surface area contributed by atoms with Crippen molar-refractivity contribution in [3.05, 3.63) is 36.4 Å². The quantitative estimate of drug-likeness (QED) is 0.805. The Balaban J connectivity index is 2.01. The molecule has 0 unspecified atom stereocenters. The van der Waals surface area contributed by atoms with Crippen molar-refractivity contribution in [1.29, 1.82) is 0 Å². The highest BCUT2D eigenvalue weighted by Crippen LogP contribution is 2.27. The molecule has 0 atom stereocenters. The first-order valence-corrected chi connectivity index (χ1v) is 7.20. The molecule has 2 aromatic rings. The molecule has 0 N–H and O–H groups in total. The van der Waals surface area contributed by atoms with Gasteiger partial charge >= 0.3 is 5.97 Å². The number of carbonyl (C=O) groups excluding carboxylic acids is 1. The second-order valence-electron chi connectivity index (χ2n) is 4.99. The summed E-state index contributed by atoms with van der Waals surface area (Å²) in [4.78, 5) is 14.5. The third-order valence-electron chi connectivity index (χ3n) is 3.64. The van der Waals surface area contributed by atoms with Gasteiger partial charge in [0.25, 0.3) is 0 Å². The van der Waals surface area contributed by atoms with Crippen LogP contribution in [0.3, 0.4) is 0 Å². The Bertz CT molecular complexity index is 619. The highest BCUT2D eigenvalue weighted by Gasteiger charge is 2.21. The summed E-state index contributed by atoms with van der Waals surface area (Å²) in [5, 5.41) is 7.59. The van der Waals surface area contributed by atoms with Crippen LogP contribution < -0.4 is 4.90 Å². The number of aromatic nitrogens is 3. The molecule has 21 heavy (non-hydrogen) atoms. The molecule has 1 aromatic heterocycles. The predicted molar refractivity (Wildman–Crippen MR) is 78.8 cm³/mol. The topological polar surface area (TPSA) is 60.3 Å². The van der Waals surface area contributed by atoms with E-state index in [9.17, 15) is 4.79 Å². The summed E-state index contributed by atoms with van der Waals surface area (Å²) in [5.74, 6) is -0.283. The molecule has 0 amide bonds. The normalized spacial score (nSPS) is 14.4. The third kappa shape index (κ3) is 2.74. The van der Waals surface area contributed by atoms with Crippen LogP contribution in [-0.4, -0.2) is 40.4 Å². The van der Waals surface area contributed by atoms with Crippen molar-refractivity contribution in [2.75, 3.05) is 24.6 Å². The number of nitrogens with zero attached hydrogens (tertiary/aromatic N) is 4. The monoisotopic (exact) mass is 286 g/mol. The average Bonchev–Trinajstić information content (AvgIpc) is 3.20. The van der Waals surface area contributed by atoms with E-state index in [1.807, 2.05) is 25.1 Å². The number of benzene rings is 1. The van der Waals surface area contributed by atoms with Crippen molar-refractivity contribution in [1.82, 2.24) is 14.8 Å². The highest BCUT2D eigenvalue weighted by molar-refractivity contribution is 5.96. The van der Waals surface area contributed by atoms with E-state index in [-0.39, 0.29) is 5.97 Å². The number of rotatable bonds is 4. The zero-order valence-corrected chi connectivity index (χ0v) is 12.0. The summed E-state index contributed by atoms with van der Waals surface area (Å²) in [6.07, 6.45) is 5.55. The van der Waals surface area contributed by atoms with Crippen LogP contribution in [0.15, 0.2) is 30.9 Å². The lowest BCUT2D eigenvalue weighted by atomic mass is 10.1.